The first kappa shape index (κ1) is 23.2. The van der Waals surface area contributed by atoms with Crippen LogP contribution >= 0.6 is 0 Å². The molecule has 1 aliphatic carbocycles. The Morgan fingerprint density at radius 2 is 1.85 bits per heavy atom. The Hall–Kier alpha value is -0.850. The van der Waals surface area contributed by atoms with Gasteiger partial charge in [0.25, 0.3) is 0 Å². The van der Waals surface area contributed by atoms with Gasteiger partial charge in [0.2, 0.25) is 0 Å². The number of nitrogens with one attached hydrogen (secondary N) is 2. The van der Waals surface area contributed by atoms with Crippen LogP contribution in [0.2, 0.25) is 0 Å². The van der Waals surface area contributed by atoms with Gasteiger partial charge in [-0.3, -0.25) is 4.99 Å². The van der Waals surface area contributed by atoms with Crippen molar-refractivity contribution in [3.05, 3.63) is 0 Å². The molecule has 1 aliphatic rings. The number of aliphatic hydroxyl groups is 1. The van der Waals surface area contributed by atoms with Crippen molar-refractivity contribution >= 4 is 5.96 Å². The number of aliphatic hydroxyl groups excluding tert-OH is 1. The van der Waals surface area contributed by atoms with E-state index < -0.39 is 6.10 Å². The molecule has 0 bridgehead atoms. The SMILES string of the molecule is CCNC(=NCC1(CCOCC)CCCC1)NCC(O)COCC(C)C. The Balaban J connectivity index is 2.47. The normalized spacial score (nSPS) is 18.3. The van der Waals surface area contributed by atoms with Crippen LogP contribution < -0.4 is 10.6 Å². The van der Waals surface area contributed by atoms with Crippen LogP contribution in [0, 0.1) is 11.3 Å². The molecule has 1 rings (SSSR count). The highest BCUT2D eigenvalue weighted by Crippen LogP contribution is 2.41. The van der Waals surface area contributed by atoms with Crippen molar-refractivity contribution in [2.24, 2.45) is 16.3 Å². The minimum absolute atomic E-state index is 0.274. The molecule has 1 atom stereocenters. The van der Waals surface area contributed by atoms with Gasteiger partial charge in [0.15, 0.2) is 5.96 Å². The zero-order chi connectivity index (χ0) is 19.3. The average Bonchev–Trinajstić information content (AvgIpc) is 3.06. The zero-order valence-electron chi connectivity index (χ0n) is 17.4. The van der Waals surface area contributed by atoms with Crippen LogP contribution in [0.4, 0.5) is 0 Å². The van der Waals surface area contributed by atoms with Crippen molar-refractivity contribution in [3.8, 4) is 0 Å². The van der Waals surface area contributed by atoms with Crippen LogP contribution in [-0.2, 0) is 9.47 Å². The third kappa shape index (κ3) is 9.74. The van der Waals surface area contributed by atoms with E-state index in [-0.39, 0.29) is 5.41 Å². The van der Waals surface area contributed by atoms with Gasteiger partial charge in [-0.1, -0.05) is 26.7 Å². The lowest BCUT2D eigenvalue weighted by Gasteiger charge is -2.27. The van der Waals surface area contributed by atoms with Gasteiger partial charge in [-0.15, -0.1) is 0 Å². The molecule has 26 heavy (non-hydrogen) atoms. The Morgan fingerprint density at radius 3 is 2.46 bits per heavy atom. The van der Waals surface area contributed by atoms with Crippen molar-refractivity contribution in [1.29, 1.82) is 0 Å². The molecule has 154 valence electrons. The highest BCUT2D eigenvalue weighted by molar-refractivity contribution is 5.79. The van der Waals surface area contributed by atoms with Crippen molar-refractivity contribution in [3.63, 3.8) is 0 Å². The van der Waals surface area contributed by atoms with E-state index in [4.69, 9.17) is 14.5 Å². The summed E-state index contributed by atoms with van der Waals surface area (Å²) in [6.45, 7) is 13.0. The van der Waals surface area contributed by atoms with Gasteiger partial charge in [0, 0.05) is 39.5 Å². The molecule has 1 fully saturated rings. The third-order valence-electron chi connectivity index (χ3n) is 4.83. The van der Waals surface area contributed by atoms with Gasteiger partial charge in [-0.2, -0.15) is 0 Å². The highest BCUT2D eigenvalue weighted by atomic mass is 16.5. The van der Waals surface area contributed by atoms with Gasteiger partial charge in [0.1, 0.15) is 0 Å². The molecule has 1 saturated carbocycles. The molecule has 0 aromatic carbocycles. The van der Waals surface area contributed by atoms with Crippen LogP contribution in [0.3, 0.4) is 0 Å². The fraction of sp³-hybridized carbons (Fsp3) is 0.950. The predicted octanol–water partition coefficient (Wildman–Crippen LogP) is 2.56. The van der Waals surface area contributed by atoms with Gasteiger partial charge in [0.05, 0.1) is 12.7 Å². The maximum absolute atomic E-state index is 10.1. The second-order valence-corrected chi connectivity index (χ2v) is 7.82. The van der Waals surface area contributed by atoms with Crippen LogP contribution in [0.1, 0.15) is 59.8 Å². The standard InChI is InChI=1S/C20H41N3O3/c1-5-21-19(22-13-18(24)15-26-14-17(3)4)23-16-20(9-7-8-10-20)11-12-25-6-2/h17-18,24H,5-16H2,1-4H3,(H2,21,22,23). The maximum atomic E-state index is 10.1. The molecular weight excluding hydrogens is 330 g/mol. The summed E-state index contributed by atoms with van der Waals surface area (Å²) in [6, 6.07) is 0. The fourth-order valence-corrected chi connectivity index (χ4v) is 3.35. The fourth-order valence-electron chi connectivity index (χ4n) is 3.35. The summed E-state index contributed by atoms with van der Waals surface area (Å²) in [5, 5.41) is 16.6. The molecule has 0 radical (unpaired) electrons. The molecule has 0 heterocycles. The van der Waals surface area contributed by atoms with Crippen LogP contribution in [-0.4, -0.2) is 63.2 Å². The smallest absolute Gasteiger partial charge is 0.191 e. The van der Waals surface area contributed by atoms with Gasteiger partial charge >= 0.3 is 0 Å². The average molecular weight is 372 g/mol. The second kappa shape index (κ2) is 13.3. The number of hydrogen-bond donors (Lipinski definition) is 3. The molecule has 3 N–H and O–H groups in total. The first-order valence-electron chi connectivity index (χ1n) is 10.4. The van der Waals surface area contributed by atoms with Crippen molar-refractivity contribution in [2.45, 2.75) is 65.9 Å². The van der Waals surface area contributed by atoms with E-state index in [1.165, 1.54) is 25.7 Å². The van der Waals surface area contributed by atoms with E-state index in [1.807, 2.05) is 6.92 Å². The minimum atomic E-state index is -0.531. The largest absolute Gasteiger partial charge is 0.389 e. The lowest BCUT2D eigenvalue weighted by Crippen LogP contribution is -2.43. The number of ether oxygens (including phenoxy) is 2. The lowest BCUT2D eigenvalue weighted by molar-refractivity contribution is 0.0280. The Kier molecular flexibility index (Phi) is 11.9. The van der Waals surface area contributed by atoms with Gasteiger partial charge < -0.3 is 25.2 Å². The molecule has 6 heteroatoms. The van der Waals surface area contributed by atoms with E-state index in [0.717, 1.165) is 38.7 Å². The molecule has 0 saturated heterocycles. The lowest BCUT2D eigenvalue weighted by atomic mass is 9.83. The monoisotopic (exact) mass is 371 g/mol. The first-order chi connectivity index (χ1) is 12.5. The van der Waals surface area contributed by atoms with Crippen molar-refractivity contribution < 1.29 is 14.6 Å². The number of rotatable bonds is 13. The topological polar surface area (TPSA) is 75.1 Å². The van der Waals surface area contributed by atoms with Crippen molar-refractivity contribution in [1.82, 2.24) is 10.6 Å². The summed E-state index contributed by atoms with van der Waals surface area (Å²) in [7, 11) is 0. The molecule has 0 spiro atoms. The minimum Gasteiger partial charge on any atom is -0.389 e. The highest BCUT2D eigenvalue weighted by Gasteiger charge is 2.33. The van der Waals surface area contributed by atoms with Crippen molar-refractivity contribution in [2.75, 3.05) is 46.1 Å². The summed E-state index contributed by atoms with van der Waals surface area (Å²) < 4.78 is 11.1. The van der Waals surface area contributed by atoms with E-state index in [0.29, 0.717) is 25.7 Å². The van der Waals surface area contributed by atoms with Gasteiger partial charge in [-0.25, -0.2) is 0 Å². The van der Waals surface area contributed by atoms with E-state index in [1.54, 1.807) is 0 Å². The predicted molar refractivity (Wildman–Crippen MR) is 108 cm³/mol. The second-order valence-electron chi connectivity index (χ2n) is 7.82. The molecule has 0 aromatic rings. The van der Waals surface area contributed by atoms with Gasteiger partial charge in [-0.05, 0) is 44.4 Å². The molecule has 1 unspecified atom stereocenters. The number of aliphatic imine (C=N–C) groups is 1. The van der Waals surface area contributed by atoms with E-state index in [9.17, 15) is 5.11 Å². The third-order valence-corrected chi connectivity index (χ3v) is 4.83. The molecule has 0 aromatic heterocycles. The summed E-state index contributed by atoms with van der Waals surface area (Å²) in [5.74, 6) is 1.26. The Morgan fingerprint density at radius 1 is 1.12 bits per heavy atom. The Labute approximate surface area is 160 Å². The quantitative estimate of drug-likeness (QED) is 0.264. The van der Waals surface area contributed by atoms with Crippen LogP contribution in [0.25, 0.3) is 0 Å². The summed E-state index contributed by atoms with van der Waals surface area (Å²) in [6.07, 6.45) is 5.59. The summed E-state index contributed by atoms with van der Waals surface area (Å²) >= 11 is 0. The molecule has 0 amide bonds. The zero-order valence-corrected chi connectivity index (χ0v) is 17.4. The maximum Gasteiger partial charge on any atom is 0.191 e. The van der Waals surface area contributed by atoms with Crippen LogP contribution in [0.5, 0.6) is 0 Å². The number of nitrogens with zero attached hydrogens (tertiary/aromatic N) is 1. The van der Waals surface area contributed by atoms with E-state index in [2.05, 4.69) is 31.4 Å². The molecule has 0 aliphatic heterocycles. The first-order valence-corrected chi connectivity index (χ1v) is 10.4. The molecular formula is C20H41N3O3. The van der Waals surface area contributed by atoms with Crippen LogP contribution in [0.15, 0.2) is 4.99 Å². The molecule has 6 nitrogen and oxygen atoms in total. The number of guanidine groups is 1. The summed E-state index contributed by atoms with van der Waals surface area (Å²) in [4.78, 5) is 4.81. The summed E-state index contributed by atoms with van der Waals surface area (Å²) in [5.41, 5.74) is 0.274. The Bertz CT molecular complexity index is 382. The number of hydrogen-bond acceptors (Lipinski definition) is 4. The van der Waals surface area contributed by atoms with E-state index >= 15 is 0 Å².